The quantitative estimate of drug-likeness (QED) is 0.307. The van der Waals surface area contributed by atoms with Crippen LogP contribution in [-0.2, 0) is 22.4 Å². The minimum Gasteiger partial charge on any atom is -0.507 e. The number of carbonyl (C=O) groups is 2. The number of aromatic hydroxyl groups is 2. The van der Waals surface area contributed by atoms with E-state index in [2.05, 4.69) is 17.1 Å². The van der Waals surface area contributed by atoms with Crippen LogP contribution in [0.1, 0.15) is 59.5 Å². The van der Waals surface area contributed by atoms with Crippen LogP contribution in [0.25, 0.3) is 12.2 Å². The van der Waals surface area contributed by atoms with Crippen LogP contribution in [0.4, 0.5) is 0 Å². The first-order valence-corrected chi connectivity index (χ1v) is 13.2. The summed E-state index contributed by atoms with van der Waals surface area (Å²) in [7, 11) is 1.49. The maximum absolute atomic E-state index is 13.5. The molecule has 0 radical (unpaired) electrons. The predicted molar refractivity (Wildman–Crippen MR) is 147 cm³/mol. The van der Waals surface area contributed by atoms with E-state index < -0.39 is 0 Å². The van der Waals surface area contributed by atoms with Gasteiger partial charge in [-0.15, -0.1) is 0 Å². The molecule has 0 unspecified atom stereocenters. The number of phenolic OH excluding ortho intramolecular Hbond substituents is 2. The molecule has 0 aliphatic heterocycles. The second-order valence-corrected chi connectivity index (χ2v) is 10.3. The van der Waals surface area contributed by atoms with Crippen molar-refractivity contribution in [3.63, 3.8) is 0 Å². The summed E-state index contributed by atoms with van der Waals surface area (Å²) in [5.41, 5.74) is 5.03. The fourth-order valence-corrected chi connectivity index (χ4v) is 5.76. The van der Waals surface area contributed by atoms with Crippen molar-refractivity contribution in [3.8, 4) is 17.2 Å². The third-order valence-electron chi connectivity index (χ3n) is 7.85. The van der Waals surface area contributed by atoms with Gasteiger partial charge in [-0.05, 0) is 84.6 Å². The van der Waals surface area contributed by atoms with Crippen molar-refractivity contribution in [3.05, 3.63) is 88.8 Å². The fourth-order valence-electron chi connectivity index (χ4n) is 5.76. The van der Waals surface area contributed by atoms with Crippen molar-refractivity contribution in [2.45, 2.75) is 44.4 Å². The topological polar surface area (TPSA) is 99.6 Å². The van der Waals surface area contributed by atoms with Crippen molar-refractivity contribution < 1.29 is 24.5 Å². The number of phenols is 2. The zero-order valence-corrected chi connectivity index (χ0v) is 21.5. The number of hydrogen-bond acceptors (Lipinski definition) is 5. The van der Waals surface area contributed by atoms with Crippen molar-refractivity contribution in [1.82, 2.24) is 4.98 Å². The number of benzene rings is 2. The van der Waals surface area contributed by atoms with E-state index in [1.807, 2.05) is 36.6 Å². The third-order valence-corrected chi connectivity index (χ3v) is 7.85. The van der Waals surface area contributed by atoms with Crippen molar-refractivity contribution >= 4 is 23.7 Å². The molecule has 0 amide bonds. The van der Waals surface area contributed by atoms with E-state index in [1.165, 1.54) is 7.11 Å². The van der Waals surface area contributed by atoms with E-state index in [0.717, 1.165) is 47.2 Å². The fraction of sp³-hybridized carbons (Fsp3) is 0.312. The van der Waals surface area contributed by atoms with Gasteiger partial charge in [-0.3, -0.25) is 9.59 Å². The van der Waals surface area contributed by atoms with Crippen molar-refractivity contribution in [2.24, 2.45) is 11.8 Å². The van der Waals surface area contributed by atoms with Gasteiger partial charge in [0, 0.05) is 29.8 Å². The van der Waals surface area contributed by atoms with Crippen LogP contribution in [0.2, 0.25) is 0 Å². The second kappa shape index (κ2) is 11.1. The molecule has 196 valence electrons. The number of fused-ring (bicyclic) bond motifs is 2. The van der Waals surface area contributed by atoms with Gasteiger partial charge in [0.15, 0.2) is 11.5 Å². The van der Waals surface area contributed by atoms with Crippen LogP contribution in [0.3, 0.4) is 0 Å². The number of carbonyl (C=O) groups excluding carboxylic acids is 2. The largest absolute Gasteiger partial charge is 0.507 e. The monoisotopic (exact) mass is 511 g/mol. The van der Waals surface area contributed by atoms with Crippen LogP contribution in [0, 0.1) is 11.8 Å². The van der Waals surface area contributed by atoms with Gasteiger partial charge in [0.05, 0.1) is 13.5 Å². The van der Waals surface area contributed by atoms with Gasteiger partial charge in [-0.25, -0.2) is 0 Å². The van der Waals surface area contributed by atoms with Crippen molar-refractivity contribution in [1.29, 1.82) is 0 Å². The highest BCUT2D eigenvalue weighted by Crippen LogP contribution is 2.41. The lowest BCUT2D eigenvalue weighted by atomic mass is 9.73. The van der Waals surface area contributed by atoms with Gasteiger partial charge < -0.3 is 19.9 Å². The standard InChI is InChI=1S/C32H33NO5/c1-38-32-18-21(8-14-30(32)36)6-10-23(34)19-31(37)26-12-13-28-25(15-16-33-28)27(26)17-20-5-9-22-3-2-4-29(35)24(22)11-7-20/h2-4,7-8,11-16,18,20,26-27,33,35-36H,5-6,9-10,17,19H2,1H3/t20-,26+,27+/m0/s1. The molecule has 2 aromatic carbocycles. The number of aromatic amines is 1. The number of ketones is 2. The molecule has 3 aromatic rings. The molecule has 3 N–H and O–H groups in total. The molecular formula is C32H33NO5. The Labute approximate surface area is 222 Å². The van der Waals surface area contributed by atoms with Crippen LogP contribution in [-0.4, -0.2) is 33.9 Å². The number of hydrogen-bond donors (Lipinski definition) is 3. The van der Waals surface area contributed by atoms with E-state index >= 15 is 0 Å². The molecule has 5 rings (SSSR count). The third kappa shape index (κ3) is 5.44. The number of nitrogens with one attached hydrogen (secondary N) is 1. The Balaban J connectivity index is 1.26. The summed E-state index contributed by atoms with van der Waals surface area (Å²) >= 11 is 0. The highest BCUT2D eigenvalue weighted by molar-refractivity contribution is 6.01. The molecule has 2 aliphatic rings. The number of H-pyrrole nitrogens is 1. The van der Waals surface area contributed by atoms with Gasteiger partial charge in [-0.2, -0.15) is 0 Å². The molecule has 0 fully saturated rings. The average molecular weight is 512 g/mol. The Hall–Kier alpha value is -4.06. The maximum atomic E-state index is 13.5. The summed E-state index contributed by atoms with van der Waals surface area (Å²) in [6.07, 6.45) is 13.2. The number of allylic oxidation sites excluding steroid dienone is 2. The smallest absolute Gasteiger partial charge is 0.160 e. The van der Waals surface area contributed by atoms with Gasteiger partial charge in [-0.1, -0.05) is 36.4 Å². The lowest BCUT2D eigenvalue weighted by Gasteiger charge is -2.29. The van der Waals surface area contributed by atoms with Gasteiger partial charge in [0.1, 0.15) is 17.3 Å². The molecule has 0 bridgehead atoms. The van der Waals surface area contributed by atoms with E-state index in [0.29, 0.717) is 17.9 Å². The molecule has 0 saturated carbocycles. The van der Waals surface area contributed by atoms with Crippen LogP contribution in [0.5, 0.6) is 17.2 Å². The number of Topliss-reactive ketones (excluding diaryl/α,β-unsaturated/α-hetero) is 2. The minimum atomic E-state index is -0.358. The summed E-state index contributed by atoms with van der Waals surface area (Å²) < 4.78 is 5.15. The Kier molecular flexibility index (Phi) is 7.50. The molecule has 2 aliphatic carbocycles. The highest BCUT2D eigenvalue weighted by Gasteiger charge is 2.34. The van der Waals surface area contributed by atoms with Crippen LogP contribution in [0.15, 0.2) is 60.8 Å². The first kappa shape index (κ1) is 25.6. The maximum Gasteiger partial charge on any atom is 0.160 e. The number of aromatic nitrogens is 1. The SMILES string of the molecule is COc1cc(CCC(=O)CC(=O)[C@@H]2C=Cc3[nH]ccc3[C@H]2C[C@@H]2C=Cc3c(O)cccc3CC2)ccc1O. The first-order chi connectivity index (χ1) is 18.4. The summed E-state index contributed by atoms with van der Waals surface area (Å²) in [5, 5.41) is 20.1. The summed E-state index contributed by atoms with van der Waals surface area (Å²) in [6, 6.07) is 12.7. The van der Waals surface area contributed by atoms with Gasteiger partial charge in [0.25, 0.3) is 0 Å². The number of ether oxygens (including phenoxy) is 1. The van der Waals surface area contributed by atoms with Gasteiger partial charge in [0.2, 0.25) is 0 Å². The van der Waals surface area contributed by atoms with Crippen LogP contribution >= 0.6 is 0 Å². The minimum absolute atomic E-state index is 0.0210. The predicted octanol–water partition coefficient (Wildman–Crippen LogP) is 5.99. The van der Waals surface area contributed by atoms with Crippen molar-refractivity contribution in [2.75, 3.05) is 7.11 Å². The van der Waals surface area contributed by atoms with Gasteiger partial charge >= 0.3 is 0 Å². The Morgan fingerprint density at radius 2 is 1.92 bits per heavy atom. The molecule has 3 atom stereocenters. The Bertz CT molecular complexity index is 1400. The molecule has 6 nitrogen and oxygen atoms in total. The molecule has 1 heterocycles. The summed E-state index contributed by atoms with van der Waals surface area (Å²) in [6.45, 7) is 0. The zero-order chi connectivity index (χ0) is 26.6. The molecule has 38 heavy (non-hydrogen) atoms. The normalized spacial score (nSPS) is 19.9. The van der Waals surface area contributed by atoms with E-state index in [-0.39, 0.29) is 47.9 Å². The zero-order valence-electron chi connectivity index (χ0n) is 21.5. The number of aryl methyl sites for hydroxylation is 2. The molecule has 1 aromatic heterocycles. The molecule has 0 spiro atoms. The molecule has 6 heteroatoms. The Morgan fingerprint density at radius 3 is 2.76 bits per heavy atom. The number of methoxy groups -OCH3 is 1. The first-order valence-electron chi connectivity index (χ1n) is 13.2. The molecule has 0 saturated heterocycles. The lowest BCUT2D eigenvalue weighted by molar-refractivity contribution is -0.128. The van der Waals surface area contributed by atoms with E-state index in [9.17, 15) is 19.8 Å². The summed E-state index contributed by atoms with van der Waals surface area (Å²) in [4.78, 5) is 29.5. The highest BCUT2D eigenvalue weighted by atomic mass is 16.5. The number of rotatable bonds is 9. The summed E-state index contributed by atoms with van der Waals surface area (Å²) in [5.74, 6) is 0.451. The molecular weight excluding hydrogens is 478 g/mol. The Morgan fingerprint density at radius 1 is 1.05 bits per heavy atom. The van der Waals surface area contributed by atoms with Crippen LogP contribution < -0.4 is 4.74 Å². The van der Waals surface area contributed by atoms with E-state index in [4.69, 9.17) is 4.74 Å². The second-order valence-electron chi connectivity index (χ2n) is 10.3. The average Bonchev–Trinajstić information content (AvgIpc) is 3.30. The van der Waals surface area contributed by atoms with E-state index in [1.54, 1.807) is 24.3 Å². The lowest BCUT2D eigenvalue weighted by Crippen LogP contribution is -2.26.